The smallest absolute Gasteiger partial charge is 0.221 e. The Morgan fingerprint density at radius 1 is 0.439 bits per heavy atom. The van der Waals surface area contributed by atoms with Gasteiger partial charge in [-0.2, -0.15) is 0 Å². The monoisotopic (exact) mass is 884 g/mol. The summed E-state index contributed by atoms with van der Waals surface area (Å²) >= 11 is 26.1. The van der Waals surface area contributed by atoms with Crippen LogP contribution in [0.25, 0.3) is 21.0 Å². The molecule has 2 aliphatic heterocycles. The molecule has 0 spiro atoms. The molecular formula is C46H30Cl4FO3PS2. The molecule has 0 bridgehead atoms. The lowest BCUT2D eigenvalue weighted by Gasteiger charge is -2.27. The van der Waals surface area contributed by atoms with E-state index >= 15 is 4.20 Å². The van der Waals surface area contributed by atoms with Gasteiger partial charge >= 0.3 is 7.91 Å². The lowest BCUT2D eigenvalue weighted by molar-refractivity contribution is 0.379. The van der Waals surface area contributed by atoms with E-state index in [2.05, 4.69) is 0 Å². The van der Waals surface area contributed by atoms with Crippen molar-refractivity contribution < 1.29 is 16.7 Å². The minimum absolute atomic E-state index is 0.446. The molecule has 0 saturated heterocycles. The summed E-state index contributed by atoms with van der Waals surface area (Å²) in [6.07, 6.45) is 7.57. The molecule has 8 rings (SSSR count). The van der Waals surface area contributed by atoms with Crippen LogP contribution in [0.2, 0.25) is 20.1 Å². The van der Waals surface area contributed by atoms with Crippen molar-refractivity contribution in [2.24, 2.45) is 0 Å². The maximum absolute atomic E-state index is 17.4. The average Bonchev–Trinajstić information content (AvgIpc) is 3.22. The van der Waals surface area contributed by atoms with Gasteiger partial charge in [-0.05, 0) is 103 Å². The van der Waals surface area contributed by atoms with Gasteiger partial charge in [0.1, 0.15) is 0 Å². The first-order chi connectivity index (χ1) is 27.6. The van der Waals surface area contributed by atoms with Crippen LogP contribution >= 0.6 is 75.8 Å². The zero-order valence-electron chi connectivity index (χ0n) is 29.7. The number of rotatable bonds is 10. The van der Waals surface area contributed by atoms with E-state index in [1.807, 2.05) is 158 Å². The van der Waals surface area contributed by atoms with Crippen LogP contribution in [0, 0.1) is 0 Å². The second kappa shape index (κ2) is 17.4. The van der Waals surface area contributed by atoms with Gasteiger partial charge in [-0.1, -0.05) is 180 Å². The Morgan fingerprint density at radius 2 is 0.772 bits per heavy atom. The molecule has 2 aliphatic rings. The summed E-state index contributed by atoms with van der Waals surface area (Å²) in [6.45, 7) is 0. The number of halogens is 5. The normalized spacial score (nSPS) is 17.9. The molecule has 2 atom stereocenters. The summed E-state index contributed by atoms with van der Waals surface area (Å²) in [5.41, 5.74) is 5.93. The quantitative estimate of drug-likeness (QED) is 0.102. The van der Waals surface area contributed by atoms with Crippen LogP contribution in [0.1, 0.15) is 33.4 Å². The zero-order valence-corrected chi connectivity index (χ0v) is 35.2. The van der Waals surface area contributed by atoms with E-state index < -0.39 is 29.4 Å². The van der Waals surface area contributed by atoms with E-state index in [9.17, 15) is 4.57 Å². The molecule has 0 saturated carbocycles. The van der Waals surface area contributed by atoms with Crippen LogP contribution in [-0.2, 0) is 12.5 Å². The Labute approximate surface area is 356 Å². The van der Waals surface area contributed by atoms with Crippen LogP contribution in [-0.4, -0.2) is 9.73 Å². The van der Waals surface area contributed by atoms with Crippen molar-refractivity contribution >= 4 is 107 Å². The van der Waals surface area contributed by atoms with E-state index in [0.717, 1.165) is 44.5 Å². The van der Waals surface area contributed by atoms with Crippen LogP contribution in [0.15, 0.2) is 182 Å². The van der Waals surface area contributed by atoms with Crippen LogP contribution < -0.4 is 0 Å². The average molecular weight is 887 g/mol. The lowest BCUT2D eigenvalue weighted by Crippen LogP contribution is -2.08. The molecule has 6 aromatic rings. The maximum Gasteiger partial charge on any atom is 0.535 e. The molecule has 6 aromatic carbocycles. The molecule has 0 amide bonds. The van der Waals surface area contributed by atoms with E-state index in [4.69, 9.17) is 54.3 Å². The SMILES string of the molecule is O=P(F)(OS1=C(c2ccccc2)C=C(c2ccc(Cl)cc2Cl)C=C1c1ccccc1)OS1=C(c2ccccc2)C=C(c2ccc(Cl)cc2Cl)C=C1c1ccccc1. The van der Waals surface area contributed by atoms with Crippen molar-refractivity contribution in [3.8, 4) is 0 Å². The van der Waals surface area contributed by atoms with Crippen molar-refractivity contribution in [3.63, 3.8) is 0 Å². The first-order valence-corrected chi connectivity index (χ1v) is 22.8. The molecule has 0 N–H and O–H groups in total. The van der Waals surface area contributed by atoms with Crippen molar-refractivity contribution in [1.29, 1.82) is 0 Å². The fraction of sp³-hybridized carbons (Fsp3) is 0. The predicted octanol–water partition coefficient (Wildman–Crippen LogP) is 15.8. The largest absolute Gasteiger partial charge is 0.535 e. The molecule has 3 nitrogen and oxygen atoms in total. The Bertz CT molecular complexity index is 2570. The van der Waals surface area contributed by atoms with E-state index in [-0.39, 0.29) is 0 Å². The fourth-order valence-electron chi connectivity index (χ4n) is 6.38. The molecular weight excluding hydrogens is 856 g/mol. The second-order valence-corrected chi connectivity index (χ2v) is 19.3. The number of hydrogen-bond donors (Lipinski definition) is 0. The van der Waals surface area contributed by atoms with Crippen LogP contribution in [0.4, 0.5) is 4.20 Å². The third kappa shape index (κ3) is 9.01. The highest BCUT2D eigenvalue weighted by Gasteiger charge is 2.36. The minimum atomic E-state index is -5.42. The predicted molar refractivity (Wildman–Crippen MR) is 245 cm³/mol. The van der Waals surface area contributed by atoms with Gasteiger partial charge in [0.2, 0.25) is 0 Å². The van der Waals surface area contributed by atoms with Gasteiger partial charge in [0.05, 0.1) is 0 Å². The molecule has 57 heavy (non-hydrogen) atoms. The van der Waals surface area contributed by atoms with Crippen LogP contribution in [0.5, 0.6) is 0 Å². The van der Waals surface area contributed by atoms with Gasteiger partial charge < -0.3 is 0 Å². The Kier molecular flexibility index (Phi) is 12.2. The summed E-state index contributed by atoms with van der Waals surface area (Å²) in [5.74, 6) is 0. The van der Waals surface area contributed by atoms with E-state index in [1.165, 1.54) is 0 Å². The van der Waals surface area contributed by atoms with Crippen molar-refractivity contribution in [1.82, 2.24) is 0 Å². The minimum Gasteiger partial charge on any atom is -0.221 e. The standard InChI is InChI=1S/C46H30Cl4FO3PS2/c47-37-21-23-39(41(49)29-37)35-25-43(31-13-5-1-6-14-31)56(44(26-35)32-15-7-2-8-16-32)53-55(51,52)54-57-45(33-17-9-3-10-18-33)27-36(40-24-22-38(48)30-42(40)50)28-46(57)34-19-11-4-12-20-34/h1-30H. The molecule has 0 fully saturated rings. The third-order valence-electron chi connectivity index (χ3n) is 8.99. The Hall–Kier alpha value is -4.04. The van der Waals surface area contributed by atoms with Gasteiger partial charge in [0.15, 0.2) is 0 Å². The summed E-state index contributed by atoms with van der Waals surface area (Å²) < 4.78 is 44.6. The van der Waals surface area contributed by atoms with Crippen molar-refractivity contribution in [2.75, 3.05) is 0 Å². The summed E-state index contributed by atoms with van der Waals surface area (Å²) in [4.78, 5) is 2.38. The third-order valence-corrected chi connectivity index (χ3v) is 15.7. The molecule has 0 radical (unpaired) electrons. The first kappa shape index (κ1) is 39.8. The van der Waals surface area contributed by atoms with Gasteiger partial charge in [-0.15, -0.1) is 4.20 Å². The van der Waals surface area contributed by atoms with Gasteiger partial charge in [0.25, 0.3) is 0 Å². The molecule has 0 aromatic heterocycles. The van der Waals surface area contributed by atoms with Gasteiger partial charge in [0, 0.05) is 50.8 Å². The van der Waals surface area contributed by atoms with E-state index in [1.54, 1.807) is 24.3 Å². The maximum atomic E-state index is 17.4. The highest BCUT2D eigenvalue weighted by Crippen LogP contribution is 2.65. The van der Waals surface area contributed by atoms with Crippen LogP contribution in [0.3, 0.4) is 0 Å². The lowest BCUT2D eigenvalue weighted by atomic mass is 10.0. The van der Waals surface area contributed by atoms with Gasteiger partial charge in [-0.3, -0.25) is 0 Å². The summed E-state index contributed by atoms with van der Waals surface area (Å²) in [5, 5.41) is 1.88. The summed E-state index contributed by atoms with van der Waals surface area (Å²) in [7, 11) is -8.53. The number of allylic oxidation sites excluding steroid dienone is 6. The topological polar surface area (TPSA) is 35.5 Å². The zero-order chi connectivity index (χ0) is 39.5. The van der Waals surface area contributed by atoms with Crippen molar-refractivity contribution in [3.05, 3.63) is 236 Å². The van der Waals surface area contributed by atoms with Crippen molar-refractivity contribution in [2.45, 2.75) is 0 Å². The second-order valence-electron chi connectivity index (χ2n) is 12.8. The molecule has 11 heteroatoms. The molecule has 0 aliphatic carbocycles. The number of benzene rings is 6. The Balaban J connectivity index is 1.31. The Morgan fingerprint density at radius 3 is 1.11 bits per heavy atom. The highest BCUT2D eigenvalue weighted by atomic mass is 35.5. The molecule has 2 unspecified atom stereocenters. The molecule has 284 valence electrons. The molecule has 2 heterocycles. The summed E-state index contributed by atoms with van der Waals surface area (Å²) in [6, 6.07) is 48.5. The first-order valence-electron chi connectivity index (χ1n) is 17.6. The number of hydrogen-bond acceptors (Lipinski definition) is 3. The highest BCUT2D eigenvalue weighted by molar-refractivity contribution is 8.24. The fourth-order valence-corrected chi connectivity index (χ4v) is 13.3. The van der Waals surface area contributed by atoms with Gasteiger partial charge in [-0.25, -0.2) is 12.5 Å². The van der Waals surface area contributed by atoms with E-state index in [0.29, 0.717) is 39.6 Å².